The molecule has 100 valence electrons. The van der Waals surface area contributed by atoms with E-state index in [1.54, 1.807) is 18.2 Å². The summed E-state index contributed by atoms with van der Waals surface area (Å²) in [4.78, 5) is 10.9. The number of benzene rings is 1. The quantitative estimate of drug-likeness (QED) is 0.795. The van der Waals surface area contributed by atoms with E-state index in [-0.39, 0.29) is 17.9 Å². The molecule has 0 heterocycles. The standard InChI is InChI=1S/C11H16N2O4S/c1-13(2)18(16,17)8-7-12-10-6-4-3-5-9(10)11(14)15/h3-6,12H,7-8H2,1-2H3,(H,14,15). The van der Waals surface area contributed by atoms with Gasteiger partial charge in [0, 0.05) is 26.3 Å². The first-order chi connectivity index (χ1) is 8.34. The second-order valence-corrected chi connectivity index (χ2v) is 6.18. The van der Waals surface area contributed by atoms with Crippen LogP contribution in [0.3, 0.4) is 0 Å². The molecule has 1 rings (SSSR count). The molecule has 0 bridgehead atoms. The highest BCUT2D eigenvalue weighted by Crippen LogP contribution is 2.14. The average Bonchev–Trinajstić information content (AvgIpc) is 2.29. The van der Waals surface area contributed by atoms with E-state index >= 15 is 0 Å². The molecule has 2 N–H and O–H groups in total. The molecule has 0 atom stereocenters. The Hall–Kier alpha value is -1.60. The zero-order chi connectivity index (χ0) is 13.8. The molecule has 0 fully saturated rings. The lowest BCUT2D eigenvalue weighted by Crippen LogP contribution is -2.28. The van der Waals surface area contributed by atoms with Crippen molar-refractivity contribution in [2.45, 2.75) is 0 Å². The van der Waals surface area contributed by atoms with Crippen molar-refractivity contribution in [3.05, 3.63) is 29.8 Å². The number of carboxylic acid groups (broad SMARTS) is 1. The molecule has 1 aromatic rings. The van der Waals surface area contributed by atoms with E-state index in [0.29, 0.717) is 5.69 Å². The van der Waals surface area contributed by atoms with Crippen molar-refractivity contribution in [3.63, 3.8) is 0 Å². The molecule has 0 amide bonds. The number of nitrogens with one attached hydrogen (secondary N) is 1. The van der Waals surface area contributed by atoms with Crippen molar-refractivity contribution in [2.24, 2.45) is 0 Å². The minimum Gasteiger partial charge on any atom is -0.478 e. The number of rotatable bonds is 6. The highest BCUT2D eigenvalue weighted by atomic mass is 32.2. The Morgan fingerprint density at radius 1 is 1.33 bits per heavy atom. The van der Waals surface area contributed by atoms with Gasteiger partial charge < -0.3 is 10.4 Å². The van der Waals surface area contributed by atoms with Crippen molar-refractivity contribution in [1.82, 2.24) is 4.31 Å². The number of hydrogen-bond donors (Lipinski definition) is 2. The van der Waals surface area contributed by atoms with E-state index in [0.717, 1.165) is 4.31 Å². The summed E-state index contributed by atoms with van der Waals surface area (Å²) in [5.74, 6) is -1.14. The van der Waals surface area contributed by atoms with Gasteiger partial charge in [-0.25, -0.2) is 17.5 Å². The second kappa shape index (κ2) is 5.83. The molecule has 0 saturated heterocycles. The van der Waals surface area contributed by atoms with Crippen molar-refractivity contribution in [3.8, 4) is 0 Å². The maximum absolute atomic E-state index is 11.5. The summed E-state index contributed by atoms with van der Waals surface area (Å²) >= 11 is 0. The van der Waals surface area contributed by atoms with E-state index in [2.05, 4.69) is 5.32 Å². The monoisotopic (exact) mass is 272 g/mol. The maximum atomic E-state index is 11.5. The number of aromatic carboxylic acids is 1. The lowest BCUT2D eigenvalue weighted by molar-refractivity contribution is 0.0698. The molecule has 7 heteroatoms. The van der Waals surface area contributed by atoms with Gasteiger partial charge in [-0.15, -0.1) is 0 Å². The van der Waals surface area contributed by atoms with Crippen LogP contribution in [0.5, 0.6) is 0 Å². The molecule has 18 heavy (non-hydrogen) atoms. The summed E-state index contributed by atoms with van der Waals surface area (Å²) in [5, 5.41) is 11.8. The van der Waals surface area contributed by atoms with Crippen LogP contribution in [0.1, 0.15) is 10.4 Å². The number of hydrogen-bond acceptors (Lipinski definition) is 4. The van der Waals surface area contributed by atoms with Gasteiger partial charge in [0.1, 0.15) is 0 Å². The summed E-state index contributed by atoms with van der Waals surface area (Å²) in [6.45, 7) is 0.158. The molecule has 0 aliphatic heterocycles. The van der Waals surface area contributed by atoms with Crippen molar-refractivity contribution >= 4 is 21.7 Å². The molecule has 1 aromatic carbocycles. The molecular formula is C11H16N2O4S. The van der Waals surface area contributed by atoms with Crippen LogP contribution in [-0.2, 0) is 10.0 Å². The molecule has 0 aromatic heterocycles. The summed E-state index contributed by atoms with van der Waals surface area (Å²) < 4.78 is 24.2. The Balaban J connectivity index is 2.68. The van der Waals surface area contributed by atoms with Gasteiger partial charge >= 0.3 is 5.97 Å². The molecule has 0 aliphatic carbocycles. The first-order valence-corrected chi connectivity index (χ1v) is 6.92. The van der Waals surface area contributed by atoms with Gasteiger partial charge in [0.2, 0.25) is 10.0 Å². The van der Waals surface area contributed by atoms with Crippen molar-refractivity contribution < 1.29 is 18.3 Å². The van der Waals surface area contributed by atoms with Crippen LogP contribution >= 0.6 is 0 Å². The minimum atomic E-state index is -3.28. The third-order valence-corrected chi connectivity index (χ3v) is 4.22. The zero-order valence-electron chi connectivity index (χ0n) is 10.3. The predicted octanol–water partition coefficient (Wildman–Crippen LogP) is 0.688. The van der Waals surface area contributed by atoms with Gasteiger partial charge in [0.05, 0.1) is 11.3 Å². The van der Waals surface area contributed by atoms with Gasteiger partial charge in [-0.3, -0.25) is 0 Å². The fourth-order valence-corrected chi connectivity index (χ4v) is 2.05. The number of nitrogens with zero attached hydrogens (tertiary/aromatic N) is 1. The van der Waals surface area contributed by atoms with Gasteiger partial charge in [0.25, 0.3) is 0 Å². The predicted molar refractivity (Wildman–Crippen MR) is 69.4 cm³/mol. The van der Waals surface area contributed by atoms with E-state index in [9.17, 15) is 13.2 Å². The number of sulfonamides is 1. The normalized spacial score (nSPS) is 11.5. The largest absolute Gasteiger partial charge is 0.478 e. The number of anilines is 1. The second-order valence-electron chi connectivity index (χ2n) is 3.88. The zero-order valence-corrected chi connectivity index (χ0v) is 11.1. The Kier molecular flexibility index (Phi) is 4.69. The molecule has 6 nitrogen and oxygen atoms in total. The van der Waals surface area contributed by atoms with Crippen molar-refractivity contribution in [1.29, 1.82) is 0 Å². The smallest absolute Gasteiger partial charge is 0.337 e. The summed E-state index contributed by atoms with van der Waals surface area (Å²) in [6.07, 6.45) is 0. The molecule has 0 radical (unpaired) electrons. The summed E-state index contributed by atoms with van der Waals surface area (Å²) in [5.41, 5.74) is 0.540. The van der Waals surface area contributed by atoms with Crippen LogP contribution < -0.4 is 5.32 Å². The fraction of sp³-hybridized carbons (Fsp3) is 0.364. The van der Waals surface area contributed by atoms with E-state index < -0.39 is 16.0 Å². The molecular weight excluding hydrogens is 256 g/mol. The highest BCUT2D eigenvalue weighted by molar-refractivity contribution is 7.89. The van der Waals surface area contributed by atoms with Crippen LogP contribution in [0.4, 0.5) is 5.69 Å². The van der Waals surface area contributed by atoms with Gasteiger partial charge in [-0.05, 0) is 12.1 Å². The third kappa shape index (κ3) is 3.71. The van der Waals surface area contributed by atoms with Gasteiger partial charge in [0.15, 0.2) is 0 Å². The molecule has 0 spiro atoms. The van der Waals surface area contributed by atoms with E-state index in [1.165, 1.54) is 20.2 Å². The summed E-state index contributed by atoms with van der Waals surface area (Å²) in [6, 6.07) is 6.37. The summed E-state index contributed by atoms with van der Waals surface area (Å²) in [7, 11) is -0.360. The maximum Gasteiger partial charge on any atom is 0.337 e. The average molecular weight is 272 g/mol. The Morgan fingerprint density at radius 2 is 1.94 bits per heavy atom. The SMILES string of the molecule is CN(C)S(=O)(=O)CCNc1ccccc1C(=O)O. The van der Waals surface area contributed by atoms with E-state index in [4.69, 9.17) is 5.11 Å². The Bertz CT molecular complexity index is 526. The van der Waals surface area contributed by atoms with Crippen LogP contribution in [0.2, 0.25) is 0 Å². The van der Waals surface area contributed by atoms with Crippen LogP contribution in [0.25, 0.3) is 0 Å². The number of carboxylic acids is 1. The first kappa shape index (κ1) is 14.5. The Labute approximate surface area is 106 Å². The van der Waals surface area contributed by atoms with Gasteiger partial charge in [-0.1, -0.05) is 12.1 Å². The van der Waals surface area contributed by atoms with Crippen LogP contribution in [0.15, 0.2) is 24.3 Å². The minimum absolute atomic E-state index is 0.0893. The molecule has 0 unspecified atom stereocenters. The Morgan fingerprint density at radius 3 is 2.50 bits per heavy atom. The number of para-hydroxylation sites is 1. The fourth-order valence-electron chi connectivity index (χ4n) is 1.32. The van der Waals surface area contributed by atoms with Crippen LogP contribution in [-0.4, -0.2) is 50.2 Å². The van der Waals surface area contributed by atoms with Gasteiger partial charge in [-0.2, -0.15) is 0 Å². The molecule has 0 aliphatic rings. The first-order valence-electron chi connectivity index (χ1n) is 5.31. The van der Waals surface area contributed by atoms with Crippen LogP contribution in [0, 0.1) is 0 Å². The lowest BCUT2D eigenvalue weighted by Gasteiger charge is -2.13. The topological polar surface area (TPSA) is 86.7 Å². The lowest BCUT2D eigenvalue weighted by atomic mass is 10.2. The van der Waals surface area contributed by atoms with Crippen molar-refractivity contribution in [2.75, 3.05) is 31.7 Å². The van der Waals surface area contributed by atoms with E-state index in [1.807, 2.05) is 0 Å². The third-order valence-electron chi connectivity index (χ3n) is 2.39. The molecule has 0 saturated carbocycles. The number of carbonyl (C=O) groups is 1. The highest BCUT2D eigenvalue weighted by Gasteiger charge is 2.14.